The quantitative estimate of drug-likeness (QED) is 0.782. The monoisotopic (exact) mass is 239 g/mol. The molecule has 0 radical (unpaired) electrons. The molecule has 86 valence electrons. The third-order valence-corrected chi connectivity index (χ3v) is 4.03. The van der Waals surface area contributed by atoms with Gasteiger partial charge < -0.3 is 10.0 Å². The number of fused-ring (bicyclic) bond motifs is 2. The average Bonchev–Trinajstić information content (AvgIpc) is 2.85. The van der Waals surface area contributed by atoms with Crippen LogP contribution in [0.4, 0.5) is 0 Å². The van der Waals surface area contributed by atoms with Gasteiger partial charge in [-0.25, -0.2) is 0 Å². The van der Waals surface area contributed by atoms with E-state index >= 15 is 0 Å². The topological polar surface area (TPSA) is 66.3 Å². The Labute approximate surface area is 97.2 Å². The molecule has 0 aliphatic carbocycles. The lowest BCUT2D eigenvalue weighted by atomic mass is 9.99. The van der Waals surface area contributed by atoms with Crippen LogP contribution in [0.25, 0.3) is 0 Å². The smallest absolute Gasteiger partial charge is 0.275 e. The first-order chi connectivity index (χ1) is 7.75. The largest absolute Gasteiger partial charge is 0.393 e. The highest BCUT2D eigenvalue weighted by Crippen LogP contribution is 2.36. The minimum Gasteiger partial charge on any atom is -0.393 e. The molecule has 0 spiro atoms. The van der Waals surface area contributed by atoms with Crippen molar-refractivity contribution in [2.75, 3.05) is 0 Å². The van der Waals surface area contributed by atoms with Gasteiger partial charge in [-0.3, -0.25) is 4.79 Å². The van der Waals surface area contributed by atoms with E-state index in [1.165, 1.54) is 11.5 Å². The molecule has 2 aliphatic rings. The molecule has 0 saturated carbocycles. The van der Waals surface area contributed by atoms with Crippen LogP contribution in [0.5, 0.6) is 0 Å². The van der Waals surface area contributed by atoms with Crippen molar-refractivity contribution in [1.29, 1.82) is 0 Å². The standard InChI is InChI=1S/C10H13N3O2S/c14-8-3-6-1-2-7(4-8)13(6)10(15)9-5-16-12-11-9/h5-8,14H,1-4H2. The highest BCUT2D eigenvalue weighted by atomic mass is 32.1. The van der Waals surface area contributed by atoms with Crippen molar-refractivity contribution in [2.24, 2.45) is 0 Å². The number of hydrogen-bond acceptors (Lipinski definition) is 5. The van der Waals surface area contributed by atoms with E-state index in [0.717, 1.165) is 12.8 Å². The van der Waals surface area contributed by atoms with Gasteiger partial charge in [-0.2, -0.15) is 0 Å². The van der Waals surface area contributed by atoms with Crippen molar-refractivity contribution in [3.05, 3.63) is 11.1 Å². The molecule has 5 nitrogen and oxygen atoms in total. The molecule has 16 heavy (non-hydrogen) atoms. The number of piperidine rings is 1. The lowest BCUT2D eigenvalue weighted by Crippen LogP contribution is -2.48. The summed E-state index contributed by atoms with van der Waals surface area (Å²) in [7, 11) is 0. The highest BCUT2D eigenvalue weighted by Gasteiger charge is 2.43. The molecule has 3 rings (SSSR count). The molecule has 2 fully saturated rings. The SMILES string of the molecule is O=C(c1csnn1)N1C2CCC1CC(O)C2. The number of nitrogens with zero attached hydrogens (tertiary/aromatic N) is 3. The Morgan fingerprint density at radius 2 is 2.12 bits per heavy atom. The van der Waals surface area contributed by atoms with E-state index in [1.807, 2.05) is 4.90 Å². The van der Waals surface area contributed by atoms with Crippen LogP contribution in [0, 0.1) is 0 Å². The molecule has 1 N–H and O–H groups in total. The summed E-state index contributed by atoms with van der Waals surface area (Å²) < 4.78 is 3.72. The van der Waals surface area contributed by atoms with Gasteiger partial charge in [0.2, 0.25) is 0 Å². The summed E-state index contributed by atoms with van der Waals surface area (Å²) in [6.07, 6.45) is 3.19. The first-order valence-electron chi connectivity index (χ1n) is 5.53. The molecule has 1 aromatic rings. The van der Waals surface area contributed by atoms with Crippen LogP contribution in [-0.2, 0) is 0 Å². The highest BCUT2D eigenvalue weighted by molar-refractivity contribution is 7.03. The molecule has 6 heteroatoms. The average molecular weight is 239 g/mol. The molecule has 2 saturated heterocycles. The van der Waals surface area contributed by atoms with Crippen LogP contribution in [-0.4, -0.2) is 43.7 Å². The van der Waals surface area contributed by atoms with Gasteiger partial charge in [0, 0.05) is 17.5 Å². The molecule has 1 aromatic heterocycles. The second kappa shape index (κ2) is 3.78. The van der Waals surface area contributed by atoms with Crippen LogP contribution < -0.4 is 0 Å². The summed E-state index contributed by atoms with van der Waals surface area (Å²) in [5.74, 6) is -0.0202. The zero-order valence-corrected chi connectivity index (χ0v) is 9.56. The van der Waals surface area contributed by atoms with Crippen molar-refractivity contribution in [2.45, 2.75) is 43.9 Å². The number of hydrogen-bond donors (Lipinski definition) is 1. The van der Waals surface area contributed by atoms with E-state index in [1.54, 1.807) is 5.38 Å². The molecule has 2 bridgehead atoms. The fourth-order valence-electron chi connectivity index (χ4n) is 2.87. The van der Waals surface area contributed by atoms with Gasteiger partial charge >= 0.3 is 0 Å². The number of rotatable bonds is 1. The number of aliphatic hydroxyl groups excluding tert-OH is 1. The van der Waals surface area contributed by atoms with Crippen LogP contribution in [0.2, 0.25) is 0 Å². The minimum atomic E-state index is -0.241. The van der Waals surface area contributed by atoms with Crippen LogP contribution in [0.1, 0.15) is 36.2 Å². The van der Waals surface area contributed by atoms with Crippen LogP contribution in [0.3, 0.4) is 0 Å². The van der Waals surface area contributed by atoms with E-state index in [9.17, 15) is 9.90 Å². The van der Waals surface area contributed by atoms with E-state index in [0.29, 0.717) is 18.5 Å². The van der Waals surface area contributed by atoms with Crippen molar-refractivity contribution in [1.82, 2.24) is 14.5 Å². The minimum absolute atomic E-state index is 0.0202. The molecule has 3 heterocycles. The van der Waals surface area contributed by atoms with E-state index < -0.39 is 0 Å². The van der Waals surface area contributed by atoms with E-state index in [-0.39, 0.29) is 24.1 Å². The van der Waals surface area contributed by atoms with Gasteiger partial charge in [0.25, 0.3) is 5.91 Å². The number of carbonyl (C=O) groups is 1. The number of carbonyl (C=O) groups excluding carboxylic acids is 1. The van der Waals surface area contributed by atoms with Gasteiger partial charge in [-0.15, -0.1) is 5.10 Å². The zero-order chi connectivity index (χ0) is 11.1. The van der Waals surface area contributed by atoms with Gasteiger partial charge in [0.15, 0.2) is 5.69 Å². The Balaban J connectivity index is 1.84. The Kier molecular flexibility index (Phi) is 2.40. The molecular weight excluding hydrogens is 226 g/mol. The summed E-state index contributed by atoms with van der Waals surface area (Å²) in [5, 5.41) is 15.2. The third kappa shape index (κ3) is 1.53. The van der Waals surface area contributed by atoms with Crippen molar-refractivity contribution < 1.29 is 9.90 Å². The normalized spacial score (nSPS) is 33.1. The van der Waals surface area contributed by atoms with Crippen molar-refractivity contribution >= 4 is 17.4 Å². The Hall–Kier alpha value is -1.01. The maximum atomic E-state index is 12.2. The molecular formula is C10H13N3O2S. The Morgan fingerprint density at radius 1 is 1.44 bits per heavy atom. The molecule has 2 atom stereocenters. The van der Waals surface area contributed by atoms with Gasteiger partial charge in [0.1, 0.15) is 0 Å². The molecule has 2 unspecified atom stereocenters. The lowest BCUT2D eigenvalue weighted by molar-refractivity contribution is 0.0282. The van der Waals surface area contributed by atoms with Crippen LogP contribution in [0.15, 0.2) is 5.38 Å². The fourth-order valence-corrected chi connectivity index (χ4v) is 3.30. The predicted octanol–water partition coefficient (Wildman–Crippen LogP) is 0.666. The number of aliphatic hydroxyl groups is 1. The van der Waals surface area contributed by atoms with Crippen molar-refractivity contribution in [3.63, 3.8) is 0 Å². The maximum absolute atomic E-state index is 12.2. The third-order valence-electron chi connectivity index (χ3n) is 3.52. The predicted molar refractivity (Wildman–Crippen MR) is 58.1 cm³/mol. The summed E-state index contributed by atoms with van der Waals surface area (Å²) in [5.41, 5.74) is 0.443. The molecule has 1 amide bonds. The second-order valence-corrected chi connectivity index (χ2v) is 5.12. The maximum Gasteiger partial charge on any atom is 0.275 e. The summed E-state index contributed by atoms with van der Waals surface area (Å²) in [6.45, 7) is 0. The summed E-state index contributed by atoms with van der Waals surface area (Å²) in [4.78, 5) is 14.1. The Bertz CT molecular complexity index is 381. The Morgan fingerprint density at radius 3 is 2.69 bits per heavy atom. The fraction of sp³-hybridized carbons (Fsp3) is 0.700. The number of amides is 1. The van der Waals surface area contributed by atoms with Crippen molar-refractivity contribution in [3.8, 4) is 0 Å². The summed E-state index contributed by atoms with van der Waals surface area (Å²) in [6, 6.07) is 0.394. The summed E-state index contributed by atoms with van der Waals surface area (Å²) >= 11 is 1.20. The van der Waals surface area contributed by atoms with E-state index in [2.05, 4.69) is 9.59 Å². The second-order valence-electron chi connectivity index (χ2n) is 4.51. The number of aromatic nitrogens is 2. The van der Waals surface area contributed by atoms with Gasteiger partial charge in [-0.1, -0.05) is 4.49 Å². The first kappa shape index (κ1) is 10.2. The van der Waals surface area contributed by atoms with Crippen LogP contribution >= 0.6 is 11.5 Å². The molecule has 2 aliphatic heterocycles. The lowest BCUT2D eigenvalue weighted by Gasteiger charge is -2.36. The van der Waals surface area contributed by atoms with Gasteiger partial charge in [-0.05, 0) is 37.2 Å². The van der Waals surface area contributed by atoms with E-state index in [4.69, 9.17) is 0 Å². The molecule has 0 aromatic carbocycles. The zero-order valence-electron chi connectivity index (χ0n) is 8.74. The first-order valence-corrected chi connectivity index (χ1v) is 6.37. The van der Waals surface area contributed by atoms with Gasteiger partial charge in [0.05, 0.1) is 6.10 Å².